The lowest BCUT2D eigenvalue weighted by Gasteiger charge is -2.08. The van der Waals surface area contributed by atoms with Crippen LogP contribution < -0.4 is 5.32 Å². The number of aromatic nitrogens is 5. The Morgan fingerprint density at radius 3 is 3.00 bits per heavy atom. The van der Waals surface area contributed by atoms with Gasteiger partial charge in [-0.3, -0.25) is 9.89 Å². The van der Waals surface area contributed by atoms with Crippen molar-refractivity contribution in [2.24, 2.45) is 0 Å². The van der Waals surface area contributed by atoms with Crippen molar-refractivity contribution in [2.75, 3.05) is 7.11 Å². The maximum absolute atomic E-state index is 12.6. The second-order valence-electron chi connectivity index (χ2n) is 6.61. The number of nitrogens with zero attached hydrogens (tertiary/aromatic N) is 4. The summed E-state index contributed by atoms with van der Waals surface area (Å²) in [6, 6.07) is 7.05. The molecule has 0 aliphatic carbocycles. The molecule has 1 aliphatic heterocycles. The van der Waals surface area contributed by atoms with Crippen LogP contribution in [-0.2, 0) is 24.2 Å². The van der Waals surface area contributed by atoms with Crippen molar-refractivity contribution in [1.82, 2.24) is 30.3 Å². The van der Waals surface area contributed by atoms with Crippen molar-refractivity contribution in [3.63, 3.8) is 0 Å². The van der Waals surface area contributed by atoms with Crippen LogP contribution in [0.2, 0.25) is 0 Å². The molecule has 1 amide bonds. The molecule has 3 aromatic rings. The highest BCUT2D eigenvalue weighted by Crippen LogP contribution is 2.27. The van der Waals surface area contributed by atoms with E-state index >= 15 is 0 Å². The molecule has 0 atom stereocenters. The predicted octanol–water partition coefficient (Wildman–Crippen LogP) is 1.64. The molecule has 0 saturated heterocycles. The molecule has 9 heteroatoms. The molecule has 3 heterocycles. The summed E-state index contributed by atoms with van der Waals surface area (Å²) >= 11 is 0. The Morgan fingerprint density at radius 2 is 2.18 bits per heavy atom. The summed E-state index contributed by atoms with van der Waals surface area (Å²) in [6.45, 7) is 3.01. The number of benzene rings is 1. The zero-order valence-electron chi connectivity index (χ0n) is 15.7. The number of fused-ring (bicyclic) bond motifs is 1. The monoisotopic (exact) mass is 380 g/mol. The van der Waals surface area contributed by atoms with Crippen molar-refractivity contribution in [3.8, 4) is 11.1 Å². The number of methoxy groups -OCH3 is 1. The topological polar surface area (TPSA) is 115 Å². The number of aromatic amines is 1. The lowest BCUT2D eigenvalue weighted by atomic mass is 10.0. The van der Waals surface area contributed by atoms with E-state index in [1.54, 1.807) is 18.2 Å². The van der Waals surface area contributed by atoms with Crippen LogP contribution in [0.25, 0.3) is 11.1 Å². The minimum absolute atomic E-state index is 0.191. The van der Waals surface area contributed by atoms with Gasteiger partial charge in [-0.25, -0.2) is 4.79 Å². The molecule has 0 spiro atoms. The highest BCUT2D eigenvalue weighted by molar-refractivity contribution is 5.98. The number of amides is 1. The van der Waals surface area contributed by atoms with Crippen molar-refractivity contribution in [1.29, 1.82) is 0 Å². The Balaban J connectivity index is 1.55. The number of esters is 1. The van der Waals surface area contributed by atoms with Gasteiger partial charge in [0.25, 0.3) is 5.91 Å². The van der Waals surface area contributed by atoms with Crippen LogP contribution in [0.5, 0.6) is 0 Å². The number of H-pyrrole nitrogens is 1. The summed E-state index contributed by atoms with van der Waals surface area (Å²) in [5.41, 5.74) is 2.73. The number of aryl methyl sites for hydroxylation is 2. The second-order valence-corrected chi connectivity index (χ2v) is 6.61. The smallest absolute Gasteiger partial charge is 0.359 e. The van der Waals surface area contributed by atoms with E-state index in [9.17, 15) is 9.59 Å². The third-order valence-corrected chi connectivity index (χ3v) is 4.83. The first kappa shape index (κ1) is 17.9. The molecule has 9 nitrogen and oxygen atoms in total. The summed E-state index contributed by atoms with van der Waals surface area (Å²) in [6.07, 6.45) is 1.98. The summed E-state index contributed by atoms with van der Waals surface area (Å²) in [4.78, 5) is 24.6. The van der Waals surface area contributed by atoms with Crippen LogP contribution in [0.1, 0.15) is 44.6 Å². The molecule has 1 aromatic carbocycles. The number of nitrogens with one attached hydrogen (secondary N) is 2. The SMILES string of the molecule is COC(=O)c1n[nH]c(C)c1-c1cccc(C(=O)NCc2nnc3n2CCC3)c1. The molecule has 28 heavy (non-hydrogen) atoms. The van der Waals surface area contributed by atoms with E-state index in [1.807, 2.05) is 17.6 Å². The van der Waals surface area contributed by atoms with Crippen LogP contribution in [0, 0.1) is 6.92 Å². The molecular weight excluding hydrogens is 360 g/mol. The van der Waals surface area contributed by atoms with Gasteiger partial charge in [-0.1, -0.05) is 12.1 Å². The number of carbonyl (C=O) groups excluding carboxylic acids is 2. The van der Waals surface area contributed by atoms with Gasteiger partial charge >= 0.3 is 5.97 Å². The molecule has 4 rings (SSSR count). The molecule has 0 bridgehead atoms. The van der Waals surface area contributed by atoms with E-state index in [4.69, 9.17) is 4.74 Å². The summed E-state index contributed by atoms with van der Waals surface area (Å²) < 4.78 is 6.84. The van der Waals surface area contributed by atoms with Gasteiger partial charge in [-0.15, -0.1) is 10.2 Å². The lowest BCUT2D eigenvalue weighted by Crippen LogP contribution is -2.24. The van der Waals surface area contributed by atoms with Gasteiger partial charge in [0.05, 0.1) is 13.7 Å². The average Bonchev–Trinajstić information content (AvgIpc) is 3.42. The summed E-state index contributed by atoms with van der Waals surface area (Å²) in [7, 11) is 1.31. The third-order valence-electron chi connectivity index (χ3n) is 4.83. The molecule has 0 fully saturated rings. The normalized spacial score (nSPS) is 12.6. The molecular formula is C19H20N6O3. The molecule has 2 aromatic heterocycles. The predicted molar refractivity (Wildman–Crippen MR) is 99.6 cm³/mol. The minimum Gasteiger partial charge on any atom is -0.464 e. The van der Waals surface area contributed by atoms with Crippen molar-refractivity contribution >= 4 is 11.9 Å². The van der Waals surface area contributed by atoms with Crippen LogP contribution >= 0.6 is 0 Å². The van der Waals surface area contributed by atoms with Crippen LogP contribution in [0.3, 0.4) is 0 Å². The Labute approximate surface area is 161 Å². The van der Waals surface area contributed by atoms with E-state index in [0.717, 1.165) is 36.7 Å². The number of hydrogen-bond acceptors (Lipinski definition) is 6. The van der Waals surface area contributed by atoms with Crippen molar-refractivity contribution < 1.29 is 14.3 Å². The Kier molecular flexibility index (Phi) is 4.64. The van der Waals surface area contributed by atoms with E-state index in [-0.39, 0.29) is 11.6 Å². The first-order valence-electron chi connectivity index (χ1n) is 9.01. The Bertz CT molecular complexity index is 1050. The molecule has 2 N–H and O–H groups in total. The maximum Gasteiger partial charge on any atom is 0.359 e. The number of carbonyl (C=O) groups is 2. The highest BCUT2D eigenvalue weighted by atomic mass is 16.5. The van der Waals surface area contributed by atoms with Gasteiger partial charge in [0.2, 0.25) is 0 Å². The van der Waals surface area contributed by atoms with Crippen molar-refractivity contribution in [2.45, 2.75) is 32.9 Å². The Hall–Kier alpha value is -3.49. The molecule has 0 saturated carbocycles. The first-order valence-corrected chi connectivity index (χ1v) is 9.01. The Morgan fingerprint density at radius 1 is 1.32 bits per heavy atom. The number of rotatable bonds is 5. The van der Waals surface area contributed by atoms with E-state index < -0.39 is 5.97 Å². The first-order chi connectivity index (χ1) is 13.6. The quantitative estimate of drug-likeness (QED) is 0.650. The zero-order chi connectivity index (χ0) is 19.7. The summed E-state index contributed by atoms with van der Waals surface area (Å²) in [5, 5.41) is 18.0. The van der Waals surface area contributed by atoms with Gasteiger partial charge in [0.15, 0.2) is 11.5 Å². The van der Waals surface area contributed by atoms with Gasteiger partial charge in [0, 0.05) is 29.8 Å². The van der Waals surface area contributed by atoms with Gasteiger partial charge < -0.3 is 14.6 Å². The fraction of sp³-hybridized carbons (Fsp3) is 0.316. The van der Waals surface area contributed by atoms with E-state index in [2.05, 4.69) is 25.7 Å². The van der Waals surface area contributed by atoms with Crippen molar-refractivity contribution in [3.05, 3.63) is 52.9 Å². The summed E-state index contributed by atoms with van der Waals surface area (Å²) in [5.74, 6) is 0.973. The highest BCUT2D eigenvalue weighted by Gasteiger charge is 2.21. The number of ether oxygens (including phenoxy) is 1. The maximum atomic E-state index is 12.6. The molecule has 1 aliphatic rings. The fourth-order valence-corrected chi connectivity index (χ4v) is 3.45. The number of hydrogen-bond donors (Lipinski definition) is 2. The standard InChI is InChI=1S/C19H20N6O3/c1-11-16(17(24-21-11)19(27)28-2)12-5-3-6-13(9-12)18(26)20-10-15-23-22-14-7-4-8-25(14)15/h3,5-6,9H,4,7-8,10H2,1-2H3,(H,20,26)(H,21,24). The van der Waals surface area contributed by atoms with Crippen LogP contribution in [0.4, 0.5) is 0 Å². The molecule has 0 radical (unpaired) electrons. The van der Waals surface area contributed by atoms with Gasteiger partial charge in [-0.2, -0.15) is 5.10 Å². The van der Waals surface area contributed by atoms with Gasteiger partial charge in [-0.05, 0) is 31.0 Å². The molecule has 144 valence electrons. The minimum atomic E-state index is -0.533. The van der Waals surface area contributed by atoms with Gasteiger partial charge in [0.1, 0.15) is 5.82 Å². The van der Waals surface area contributed by atoms with E-state index in [1.165, 1.54) is 7.11 Å². The second kappa shape index (κ2) is 7.26. The third kappa shape index (κ3) is 3.15. The lowest BCUT2D eigenvalue weighted by molar-refractivity contribution is 0.0594. The molecule has 0 unspecified atom stereocenters. The largest absolute Gasteiger partial charge is 0.464 e. The van der Waals surface area contributed by atoms with Crippen LogP contribution in [-0.4, -0.2) is 43.9 Å². The average molecular weight is 380 g/mol. The van der Waals surface area contributed by atoms with E-state index in [0.29, 0.717) is 23.2 Å². The van der Waals surface area contributed by atoms with Crippen LogP contribution in [0.15, 0.2) is 24.3 Å². The fourth-order valence-electron chi connectivity index (χ4n) is 3.45. The zero-order valence-corrected chi connectivity index (χ0v) is 15.7.